The largest absolute Gasteiger partial charge is 0.416 e. The van der Waals surface area contributed by atoms with E-state index in [0.717, 1.165) is 19.1 Å². The van der Waals surface area contributed by atoms with Crippen molar-refractivity contribution in [2.24, 2.45) is 0 Å². The molecule has 0 aliphatic heterocycles. The van der Waals surface area contributed by atoms with Crippen LogP contribution in [0, 0.1) is 5.82 Å². The predicted molar refractivity (Wildman–Crippen MR) is 85.7 cm³/mol. The van der Waals surface area contributed by atoms with Gasteiger partial charge in [-0.2, -0.15) is 13.2 Å². The molecule has 1 N–H and O–H groups in total. The van der Waals surface area contributed by atoms with Gasteiger partial charge in [-0.05, 0) is 42.8 Å². The van der Waals surface area contributed by atoms with Gasteiger partial charge in [-0.1, -0.05) is 11.6 Å². The summed E-state index contributed by atoms with van der Waals surface area (Å²) in [5.74, 6) is -4.04. The maximum absolute atomic E-state index is 13.7. The number of benzene rings is 1. The maximum Gasteiger partial charge on any atom is 0.416 e. The number of rotatable bonds is 6. The number of aromatic nitrogens is 1. The normalized spacial score (nSPS) is 13.7. The average molecular weight is 397 g/mol. The Bertz CT molecular complexity index is 740. The highest BCUT2D eigenvalue weighted by Crippen LogP contribution is 2.33. The minimum absolute atomic E-state index is 0.0773. The van der Waals surface area contributed by atoms with Crippen molar-refractivity contribution in [2.45, 2.75) is 31.5 Å². The molecular formula is C17H15ClF6N2. The van der Waals surface area contributed by atoms with E-state index in [1.807, 2.05) is 0 Å². The van der Waals surface area contributed by atoms with Crippen molar-refractivity contribution in [3.8, 4) is 0 Å². The zero-order valence-corrected chi connectivity index (χ0v) is 14.3. The van der Waals surface area contributed by atoms with Crippen LogP contribution < -0.4 is 5.32 Å². The molecule has 142 valence electrons. The first kappa shape index (κ1) is 20.5. The molecule has 0 fully saturated rings. The summed E-state index contributed by atoms with van der Waals surface area (Å²) >= 11 is 5.75. The predicted octanol–water partition coefficient (Wildman–Crippen LogP) is 5.62. The minimum atomic E-state index is -4.74. The number of nitrogens with one attached hydrogen (secondary N) is 1. The van der Waals surface area contributed by atoms with Gasteiger partial charge in [0.1, 0.15) is 5.82 Å². The van der Waals surface area contributed by atoms with Gasteiger partial charge in [0.15, 0.2) is 0 Å². The number of halogens is 7. The van der Waals surface area contributed by atoms with E-state index in [9.17, 15) is 26.3 Å². The monoisotopic (exact) mass is 396 g/mol. The smallest absolute Gasteiger partial charge is 0.305 e. The van der Waals surface area contributed by atoms with Crippen LogP contribution in [0.2, 0.25) is 5.02 Å². The summed E-state index contributed by atoms with van der Waals surface area (Å²) in [7, 11) is 0. The number of hydrogen-bond donors (Lipinski definition) is 1. The van der Waals surface area contributed by atoms with Crippen molar-refractivity contribution < 1.29 is 26.3 Å². The van der Waals surface area contributed by atoms with E-state index in [1.54, 1.807) is 0 Å². The summed E-state index contributed by atoms with van der Waals surface area (Å²) in [5.41, 5.74) is -1.02. The SMILES string of the molecule is CC(F)(F)CCN[C@@H](c1cc(F)cc(C(F)(F)F)c1)c1ccc(Cl)cn1. The molecule has 0 amide bonds. The molecule has 0 saturated carbocycles. The fraction of sp³-hybridized carbons (Fsp3) is 0.353. The molecule has 0 aliphatic rings. The molecule has 0 saturated heterocycles. The topological polar surface area (TPSA) is 24.9 Å². The summed E-state index contributed by atoms with van der Waals surface area (Å²) < 4.78 is 78.7. The first-order chi connectivity index (χ1) is 12.0. The summed E-state index contributed by atoms with van der Waals surface area (Å²) in [6, 6.07) is 3.93. The van der Waals surface area contributed by atoms with Crippen LogP contribution in [-0.4, -0.2) is 17.5 Å². The highest BCUT2D eigenvalue weighted by atomic mass is 35.5. The van der Waals surface area contributed by atoms with Crippen LogP contribution >= 0.6 is 11.6 Å². The second-order valence-electron chi connectivity index (χ2n) is 5.88. The van der Waals surface area contributed by atoms with Crippen LogP contribution in [-0.2, 0) is 6.18 Å². The molecular weight excluding hydrogens is 382 g/mol. The summed E-state index contributed by atoms with van der Waals surface area (Å²) in [5, 5.41) is 3.01. The van der Waals surface area contributed by atoms with Crippen molar-refractivity contribution in [2.75, 3.05) is 6.54 Å². The van der Waals surface area contributed by atoms with E-state index < -0.39 is 35.9 Å². The lowest BCUT2D eigenvalue weighted by Crippen LogP contribution is -2.28. The van der Waals surface area contributed by atoms with Crippen LogP contribution in [0.3, 0.4) is 0 Å². The Kier molecular flexibility index (Phi) is 6.18. The molecule has 0 spiro atoms. The van der Waals surface area contributed by atoms with Crippen molar-refractivity contribution >= 4 is 11.6 Å². The number of pyridine rings is 1. The zero-order valence-electron chi connectivity index (χ0n) is 13.5. The van der Waals surface area contributed by atoms with Crippen molar-refractivity contribution in [1.29, 1.82) is 0 Å². The lowest BCUT2D eigenvalue weighted by molar-refractivity contribution is -0.137. The maximum atomic E-state index is 13.7. The molecule has 0 unspecified atom stereocenters. The standard InChI is InChI=1S/C17H15ClF6N2/c1-16(20,21)4-5-25-15(14-3-2-12(18)9-26-14)10-6-11(17(22,23)24)8-13(19)7-10/h2-3,6-9,15,25H,4-5H2,1H3/t15-/m0/s1. The van der Waals surface area contributed by atoms with E-state index in [2.05, 4.69) is 10.3 Å². The van der Waals surface area contributed by atoms with E-state index in [4.69, 9.17) is 11.6 Å². The fourth-order valence-corrected chi connectivity index (χ4v) is 2.44. The molecule has 0 bridgehead atoms. The number of alkyl halides is 5. The van der Waals surface area contributed by atoms with Crippen LogP contribution in [0.25, 0.3) is 0 Å². The molecule has 26 heavy (non-hydrogen) atoms. The first-order valence-electron chi connectivity index (χ1n) is 7.56. The first-order valence-corrected chi connectivity index (χ1v) is 7.94. The van der Waals surface area contributed by atoms with Crippen LogP contribution in [0.15, 0.2) is 36.5 Å². The molecule has 2 aromatic rings. The van der Waals surface area contributed by atoms with Crippen LogP contribution in [0.4, 0.5) is 26.3 Å². The summed E-state index contributed by atoms with van der Waals surface area (Å²) in [4.78, 5) is 4.01. The molecule has 1 aromatic heterocycles. The lowest BCUT2D eigenvalue weighted by atomic mass is 9.99. The highest BCUT2D eigenvalue weighted by molar-refractivity contribution is 6.30. The van der Waals surface area contributed by atoms with E-state index >= 15 is 0 Å². The van der Waals surface area contributed by atoms with Crippen molar-refractivity contribution in [3.05, 3.63) is 64.2 Å². The Morgan fingerprint density at radius 2 is 1.81 bits per heavy atom. The van der Waals surface area contributed by atoms with Gasteiger partial charge in [0.05, 0.1) is 22.3 Å². The molecule has 1 heterocycles. The number of hydrogen-bond acceptors (Lipinski definition) is 2. The average Bonchev–Trinajstić information content (AvgIpc) is 2.50. The van der Waals surface area contributed by atoms with Gasteiger partial charge in [0.2, 0.25) is 5.92 Å². The third kappa shape index (κ3) is 5.88. The molecule has 9 heteroatoms. The van der Waals surface area contributed by atoms with Gasteiger partial charge in [-0.25, -0.2) is 13.2 Å². The van der Waals surface area contributed by atoms with Gasteiger partial charge < -0.3 is 5.32 Å². The fourth-order valence-electron chi connectivity index (χ4n) is 2.33. The summed E-state index contributed by atoms with van der Waals surface area (Å²) in [6.07, 6.45) is -4.02. The second kappa shape index (κ2) is 7.84. The van der Waals surface area contributed by atoms with E-state index in [1.165, 1.54) is 18.3 Å². The van der Waals surface area contributed by atoms with Gasteiger partial charge in [-0.15, -0.1) is 0 Å². The van der Waals surface area contributed by atoms with Gasteiger partial charge in [0, 0.05) is 19.2 Å². The zero-order chi connectivity index (χ0) is 19.5. The van der Waals surface area contributed by atoms with Crippen LogP contribution in [0.5, 0.6) is 0 Å². The van der Waals surface area contributed by atoms with E-state index in [0.29, 0.717) is 11.1 Å². The van der Waals surface area contributed by atoms with Crippen molar-refractivity contribution in [1.82, 2.24) is 10.3 Å². The molecule has 1 aromatic carbocycles. The summed E-state index contributed by atoms with van der Waals surface area (Å²) in [6.45, 7) is 0.518. The molecule has 2 nitrogen and oxygen atoms in total. The third-order valence-corrected chi connectivity index (χ3v) is 3.76. The second-order valence-corrected chi connectivity index (χ2v) is 6.32. The lowest BCUT2D eigenvalue weighted by Gasteiger charge is -2.21. The number of nitrogens with zero attached hydrogens (tertiary/aromatic N) is 1. The Balaban J connectivity index is 2.40. The quantitative estimate of drug-likeness (QED) is 0.641. The molecule has 0 radical (unpaired) electrons. The van der Waals surface area contributed by atoms with Crippen molar-refractivity contribution in [3.63, 3.8) is 0 Å². The molecule has 2 rings (SSSR count). The Morgan fingerprint density at radius 1 is 1.12 bits per heavy atom. The minimum Gasteiger partial charge on any atom is -0.305 e. The Hall–Kier alpha value is -1.80. The van der Waals surface area contributed by atoms with Gasteiger partial charge in [-0.3, -0.25) is 4.98 Å². The van der Waals surface area contributed by atoms with Crippen LogP contribution in [0.1, 0.15) is 36.2 Å². The Labute approximate surface area is 151 Å². The highest BCUT2D eigenvalue weighted by Gasteiger charge is 2.32. The van der Waals surface area contributed by atoms with Gasteiger partial charge in [0.25, 0.3) is 0 Å². The van der Waals surface area contributed by atoms with Gasteiger partial charge >= 0.3 is 6.18 Å². The van der Waals surface area contributed by atoms with E-state index in [-0.39, 0.29) is 17.8 Å². The Morgan fingerprint density at radius 3 is 2.35 bits per heavy atom. The molecule has 1 atom stereocenters. The third-order valence-electron chi connectivity index (χ3n) is 3.54. The molecule has 0 aliphatic carbocycles.